The normalized spacial score (nSPS) is 11.6. The maximum atomic E-state index is 13.0. The highest BCUT2D eigenvalue weighted by Gasteiger charge is 2.22. The van der Waals surface area contributed by atoms with Crippen LogP contribution in [0.15, 0.2) is 52.5 Å². The van der Waals surface area contributed by atoms with E-state index in [1.165, 1.54) is 22.7 Å². The van der Waals surface area contributed by atoms with Gasteiger partial charge in [-0.3, -0.25) is 4.79 Å². The first-order valence-electron chi connectivity index (χ1n) is 8.35. The lowest BCUT2D eigenvalue weighted by Gasteiger charge is -2.24. The van der Waals surface area contributed by atoms with Gasteiger partial charge in [0.25, 0.3) is 5.91 Å². The molecule has 3 rings (SSSR count). The maximum absolute atomic E-state index is 13.0. The van der Waals surface area contributed by atoms with Gasteiger partial charge in [0.1, 0.15) is 5.69 Å². The zero-order chi connectivity index (χ0) is 18.4. The van der Waals surface area contributed by atoms with Crippen LogP contribution in [0.1, 0.15) is 32.7 Å². The van der Waals surface area contributed by atoms with Gasteiger partial charge in [-0.15, -0.1) is 23.7 Å². The van der Waals surface area contributed by atoms with Crippen molar-refractivity contribution in [3.05, 3.63) is 74.4 Å². The van der Waals surface area contributed by atoms with Gasteiger partial charge in [0.15, 0.2) is 0 Å². The Morgan fingerprint density at radius 2 is 2.00 bits per heavy atom. The molecular weight excluding hydrogens is 402 g/mol. The Morgan fingerprint density at radius 1 is 1.22 bits per heavy atom. The van der Waals surface area contributed by atoms with Crippen LogP contribution in [0.4, 0.5) is 0 Å². The number of carbonyl (C=O) groups excluding carboxylic acids is 1. The molecule has 8 heteroatoms. The molecule has 0 aliphatic carbocycles. The summed E-state index contributed by atoms with van der Waals surface area (Å²) >= 11 is 2.97. The fourth-order valence-electron chi connectivity index (χ4n) is 2.61. The number of amides is 1. The predicted octanol–water partition coefficient (Wildman–Crippen LogP) is 3.50. The van der Waals surface area contributed by atoms with Crippen LogP contribution in [-0.4, -0.2) is 34.0 Å². The monoisotopic (exact) mass is 423 g/mol. The summed E-state index contributed by atoms with van der Waals surface area (Å²) in [6.45, 7) is 1.14. The number of aliphatic hydroxyl groups excluding tert-OH is 1. The minimum Gasteiger partial charge on any atom is -0.387 e. The molecule has 0 bridgehead atoms. The van der Waals surface area contributed by atoms with Crippen molar-refractivity contribution in [2.45, 2.75) is 19.1 Å². The number of nitrogens with two attached hydrogens (primary N) is 1. The average molecular weight is 424 g/mol. The van der Waals surface area contributed by atoms with Crippen LogP contribution >= 0.6 is 35.1 Å². The van der Waals surface area contributed by atoms with Crippen LogP contribution in [0.3, 0.4) is 0 Å². The molecule has 144 valence electrons. The summed E-state index contributed by atoms with van der Waals surface area (Å²) in [5.41, 5.74) is 7.81. The number of benzene rings is 1. The first kappa shape index (κ1) is 21.5. The van der Waals surface area contributed by atoms with Gasteiger partial charge in [0.05, 0.1) is 17.7 Å². The standard InChI is InChI=1S/C19H21N3O2S2.ClH/c20-8-6-18-21-16(13-26-18)19(24)22(10-14-4-2-1-3-5-14)11-17(23)15-7-9-25-12-15;/h1-5,7,9,12-13,17,23H,6,8,10-11,20H2;1H. The molecular formula is C19H22ClN3O2S2. The Morgan fingerprint density at radius 3 is 2.67 bits per heavy atom. The molecule has 1 unspecified atom stereocenters. The van der Waals surface area contributed by atoms with E-state index < -0.39 is 6.10 Å². The number of thiazole rings is 1. The number of aromatic nitrogens is 1. The Labute approximate surface area is 172 Å². The van der Waals surface area contributed by atoms with Gasteiger partial charge < -0.3 is 15.7 Å². The van der Waals surface area contributed by atoms with Crippen molar-refractivity contribution in [1.29, 1.82) is 0 Å². The van der Waals surface area contributed by atoms with Gasteiger partial charge >= 0.3 is 0 Å². The highest BCUT2D eigenvalue weighted by atomic mass is 35.5. The largest absolute Gasteiger partial charge is 0.387 e. The lowest BCUT2D eigenvalue weighted by atomic mass is 10.1. The molecule has 0 aliphatic rings. The molecule has 1 amide bonds. The molecule has 1 aromatic carbocycles. The highest BCUT2D eigenvalue weighted by molar-refractivity contribution is 7.09. The van der Waals surface area contributed by atoms with Crippen molar-refractivity contribution in [1.82, 2.24) is 9.88 Å². The van der Waals surface area contributed by atoms with Crippen molar-refractivity contribution in [2.75, 3.05) is 13.1 Å². The summed E-state index contributed by atoms with van der Waals surface area (Å²) in [7, 11) is 0. The molecule has 0 aliphatic heterocycles. The predicted molar refractivity (Wildman–Crippen MR) is 113 cm³/mol. The van der Waals surface area contributed by atoms with Crippen LogP contribution in [0.2, 0.25) is 0 Å². The third-order valence-corrected chi connectivity index (χ3v) is 5.56. The SMILES string of the molecule is Cl.NCCc1nc(C(=O)N(Cc2ccccc2)CC(O)c2ccsc2)cs1. The third-order valence-electron chi connectivity index (χ3n) is 3.95. The van der Waals surface area contributed by atoms with E-state index in [0.717, 1.165) is 16.1 Å². The van der Waals surface area contributed by atoms with Crippen molar-refractivity contribution < 1.29 is 9.90 Å². The topological polar surface area (TPSA) is 79.5 Å². The first-order chi connectivity index (χ1) is 12.7. The fourth-order valence-corrected chi connectivity index (χ4v) is 4.11. The second-order valence-electron chi connectivity index (χ2n) is 5.91. The van der Waals surface area contributed by atoms with Crippen LogP contribution < -0.4 is 5.73 Å². The van der Waals surface area contributed by atoms with E-state index in [0.29, 0.717) is 25.2 Å². The number of rotatable bonds is 8. The zero-order valence-electron chi connectivity index (χ0n) is 14.7. The molecule has 1 atom stereocenters. The Balaban J connectivity index is 0.00000261. The number of thiophene rings is 1. The molecule has 2 heterocycles. The van der Waals surface area contributed by atoms with E-state index in [9.17, 15) is 9.90 Å². The smallest absolute Gasteiger partial charge is 0.273 e. The van der Waals surface area contributed by atoms with Gasteiger partial charge in [-0.2, -0.15) is 11.3 Å². The Hall–Kier alpha value is -1.77. The minimum absolute atomic E-state index is 0. The summed E-state index contributed by atoms with van der Waals surface area (Å²) in [5.74, 6) is -0.178. The highest BCUT2D eigenvalue weighted by Crippen LogP contribution is 2.21. The van der Waals surface area contributed by atoms with E-state index in [1.54, 1.807) is 10.3 Å². The number of aliphatic hydroxyl groups is 1. The van der Waals surface area contributed by atoms with E-state index in [-0.39, 0.29) is 24.9 Å². The van der Waals surface area contributed by atoms with Crippen LogP contribution in [0, 0.1) is 0 Å². The van der Waals surface area contributed by atoms with Crippen molar-refractivity contribution >= 4 is 41.0 Å². The van der Waals surface area contributed by atoms with Gasteiger partial charge in [-0.05, 0) is 34.5 Å². The summed E-state index contributed by atoms with van der Waals surface area (Å²) in [5, 5.41) is 17.0. The van der Waals surface area contributed by atoms with Crippen LogP contribution in [-0.2, 0) is 13.0 Å². The van der Waals surface area contributed by atoms with E-state index >= 15 is 0 Å². The summed E-state index contributed by atoms with van der Waals surface area (Å²) in [6, 6.07) is 11.6. The molecule has 0 saturated carbocycles. The van der Waals surface area contributed by atoms with Gasteiger partial charge in [-0.25, -0.2) is 4.98 Å². The van der Waals surface area contributed by atoms with Crippen LogP contribution in [0.25, 0.3) is 0 Å². The van der Waals surface area contributed by atoms with Crippen molar-refractivity contribution in [2.24, 2.45) is 5.73 Å². The van der Waals surface area contributed by atoms with Crippen molar-refractivity contribution in [3.8, 4) is 0 Å². The maximum Gasteiger partial charge on any atom is 0.273 e. The van der Waals surface area contributed by atoms with Crippen molar-refractivity contribution in [3.63, 3.8) is 0 Å². The summed E-state index contributed by atoms with van der Waals surface area (Å²) in [4.78, 5) is 19.1. The summed E-state index contributed by atoms with van der Waals surface area (Å²) in [6.07, 6.45) is -0.0650. The van der Waals surface area contributed by atoms with Gasteiger partial charge in [0.2, 0.25) is 0 Å². The quantitative estimate of drug-likeness (QED) is 0.581. The average Bonchev–Trinajstić information content (AvgIpc) is 3.34. The number of halogens is 1. The van der Waals surface area contributed by atoms with Crippen LogP contribution in [0.5, 0.6) is 0 Å². The molecule has 5 nitrogen and oxygen atoms in total. The van der Waals surface area contributed by atoms with E-state index in [1.807, 2.05) is 47.2 Å². The number of hydrogen-bond donors (Lipinski definition) is 2. The molecule has 3 N–H and O–H groups in total. The van der Waals surface area contributed by atoms with Gasteiger partial charge in [0, 0.05) is 18.3 Å². The lowest BCUT2D eigenvalue weighted by molar-refractivity contribution is 0.0599. The number of hydrogen-bond acceptors (Lipinski definition) is 6. The number of nitrogens with zero attached hydrogens (tertiary/aromatic N) is 2. The van der Waals surface area contributed by atoms with Gasteiger partial charge in [-0.1, -0.05) is 30.3 Å². The summed E-state index contributed by atoms with van der Waals surface area (Å²) < 4.78 is 0. The molecule has 0 fully saturated rings. The molecule has 3 aromatic rings. The van der Waals surface area contributed by atoms with E-state index in [4.69, 9.17) is 5.73 Å². The second kappa shape index (κ2) is 10.5. The first-order valence-corrected chi connectivity index (χ1v) is 10.2. The molecule has 0 saturated heterocycles. The third kappa shape index (κ3) is 5.85. The Bertz CT molecular complexity index is 825. The van der Waals surface area contributed by atoms with E-state index in [2.05, 4.69) is 4.98 Å². The molecule has 0 radical (unpaired) electrons. The minimum atomic E-state index is -0.726. The molecule has 27 heavy (non-hydrogen) atoms. The molecule has 2 aromatic heterocycles. The fraction of sp³-hybridized carbons (Fsp3) is 0.263. The molecule has 0 spiro atoms. The number of carbonyl (C=O) groups is 1. The Kier molecular flexibility index (Phi) is 8.40. The second-order valence-corrected chi connectivity index (χ2v) is 7.63. The lowest BCUT2D eigenvalue weighted by Crippen LogP contribution is -2.34. The zero-order valence-corrected chi connectivity index (χ0v) is 17.1.